The Morgan fingerprint density at radius 2 is 0.738 bits per heavy atom. The van der Waals surface area contributed by atoms with E-state index >= 15 is 0 Å². The third kappa shape index (κ3) is 5.36. The number of fused-ring (bicyclic) bond motifs is 12. The summed E-state index contributed by atoms with van der Waals surface area (Å²) in [6.07, 6.45) is 0. The van der Waals surface area contributed by atoms with Crippen molar-refractivity contribution in [3.05, 3.63) is 265 Å². The summed E-state index contributed by atoms with van der Waals surface area (Å²) in [6.45, 7) is 0. The van der Waals surface area contributed by atoms with Crippen LogP contribution in [-0.4, -0.2) is 0 Å². The monoisotopic (exact) mass is 776 g/mol. The van der Waals surface area contributed by atoms with E-state index in [1.165, 1.54) is 66.4 Å². The van der Waals surface area contributed by atoms with E-state index in [-0.39, 0.29) is 0 Å². The molecular formula is C59H40N2. The molecule has 0 saturated carbocycles. The van der Waals surface area contributed by atoms with Crippen molar-refractivity contribution < 1.29 is 0 Å². The van der Waals surface area contributed by atoms with E-state index in [4.69, 9.17) is 0 Å². The molecule has 0 radical (unpaired) electrons. The summed E-state index contributed by atoms with van der Waals surface area (Å²) in [4.78, 5) is 4.86. The molecule has 0 fully saturated rings. The van der Waals surface area contributed by atoms with Crippen LogP contribution in [0.5, 0.6) is 0 Å². The minimum atomic E-state index is -0.583. The van der Waals surface area contributed by atoms with E-state index in [1.807, 2.05) is 0 Å². The number of para-hydroxylation sites is 3. The van der Waals surface area contributed by atoms with Crippen LogP contribution in [0, 0.1) is 0 Å². The first-order valence-corrected chi connectivity index (χ1v) is 21.1. The van der Waals surface area contributed by atoms with Crippen molar-refractivity contribution in [2.75, 3.05) is 9.80 Å². The fourth-order valence-electron chi connectivity index (χ4n) is 10.3. The predicted octanol–water partition coefficient (Wildman–Crippen LogP) is 15.8. The van der Waals surface area contributed by atoms with Gasteiger partial charge in [-0.15, -0.1) is 0 Å². The summed E-state index contributed by atoms with van der Waals surface area (Å²) < 4.78 is 0. The summed E-state index contributed by atoms with van der Waals surface area (Å²) >= 11 is 0. The van der Waals surface area contributed by atoms with Crippen molar-refractivity contribution in [3.63, 3.8) is 0 Å². The number of benzene rings is 10. The summed E-state index contributed by atoms with van der Waals surface area (Å²) in [7, 11) is 0. The highest BCUT2D eigenvalue weighted by Crippen LogP contribution is 2.65. The molecule has 1 unspecified atom stereocenters. The van der Waals surface area contributed by atoms with Crippen LogP contribution in [0.1, 0.15) is 22.3 Å². The number of hydrogen-bond acceptors (Lipinski definition) is 2. The zero-order valence-electron chi connectivity index (χ0n) is 33.5. The Kier molecular flexibility index (Phi) is 8.11. The van der Waals surface area contributed by atoms with E-state index in [2.05, 4.69) is 252 Å². The number of anilines is 6. The first kappa shape index (κ1) is 35.0. The van der Waals surface area contributed by atoms with E-state index in [0.717, 1.165) is 34.1 Å². The highest BCUT2D eigenvalue weighted by molar-refractivity contribution is 6.12. The number of nitrogens with zero attached hydrogens (tertiary/aromatic N) is 2. The van der Waals surface area contributed by atoms with Gasteiger partial charge in [0.1, 0.15) is 0 Å². The maximum atomic E-state index is 2.52. The topological polar surface area (TPSA) is 6.48 Å². The van der Waals surface area contributed by atoms with Gasteiger partial charge < -0.3 is 9.80 Å². The summed E-state index contributed by atoms with van der Waals surface area (Å²) in [5.41, 5.74) is 18.9. The second-order valence-corrected chi connectivity index (χ2v) is 16.0. The molecule has 0 amide bonds. The second-order valence-electron chi connectivity index (χ2n) is 16.0. The molecule has 1 atom stereocenters. The standard InChI is InChI=1S/C59H40N2/c1-5-20-41(21-6-1)42-22-19-29-46(38-42)60(43-23-7-2-8-24-43)47-36-37-49-48-30-15-17-34-53(48)59(55(49)39-47)54-35-18-16-33-52(54)58-51-32-14-13-31-50(51)57(40-56(58)59)61(44-25-9-3-10-26-44)45-27-11-4-12-28-45/h1-40H. The lowest BCUT2D eigenvalue weighted by atomic mass is 9.70. The molecular weight excluding hydrogens is 737 g/mol. The molecule has 0 aromatic heterocycles. The predicted molar refractivity (Wildman–Crippen MR) is 255 cm³/mol. The molecule has 2 nitrogen and oxygen atoms in total. The molecule has 0 saturated heterocycles. The van der Waals surface area contributed by atoms with Crippen LogP contribution in [0.3, 0.4) is 0 Å². The molecule has 2 aliphatic rings. The lowest BCUT2D eigenvalue weighted by Crippen LogP contribution is -2.26. The highest BCUT2D eigenvalue weighted by Gasteiger charge is 2.52. The molecule has 0 heterocycles. The Hall–Kier alpha value is -7.94. The van der Waals surface area contributed by atoms with Gasteiger partial charge in [0.2, 0.25) is 0 Å². The van der Waals surface area contributed by atoms with Gasteiger partial charge in [0.05, 0.1) is 11.1 Å². The average Bonchev–Trinajstić information content (AvgIpc) is 3.80. The van der Waals surface area contributed by atoms with E-state index in [1.54, 1.807) is 0 Å². The minimum absolute atomic E-state index is 0.583. The number of rotatable bonds is 7. The van der Waals surface area contributed by atoms with Gasteiger partial charge in [-0.1, -0.05) is 176 Å². The van der Waals surface area contributed by atoms with Gasteiger partial charge in [0.25, 0.3) is 0 Å². The Labute approximate surface area is 356 Å². The van der Waals surface area contributed by atoms with Crippen molar-refractivity contribution in [2.24, 2.45) is 0 Å². The Morgan fingerprint density at radius 1 is 0.262 bits per heavy atom. The van der Waals surface area contributed by atoms with E-state index < -0.39 is 5.41 Å². The SMILES string of the molecule is c1ccc(-c2cccc(N(c3ccccc3)c3ccc4c(c3)C3(c5ccccc5-4)c4ccccc4-c4c3cc(N(c3ccccc3)c3ccccc3)c3ccccc43)c2)cc1. The molecule has 12 rings (SSSR count). The molecule has 0 N–H and O–H groups in total. The third-order valence-corrected chi connectivity index (χ3v) is 12.8. The average molecular weight is 777 g/mol. The third-order valence-electron chi connectivity index (χ3n) is 12.8. The molecule has 2 heteroatoms. The molecule has 286 valence electrons. The van der Waals surface area contributed by atoms with Crippen LogP contribution in [0.15, 0.2) is 243 Å². The smallest absolute Gasteiger partial charge is 0.0727 e. The first-order valence-electron chi connectivity index (χ1n) is 21.1. The van der Waals surface area contributed by atoms with Gasteiger partial charge in [-0.05, 0) is 128 Å². The van der Waals surface area contributed by atoms with Crippen LogP contribution >= 0.6 is 0 Å². The van der Waals surface area contributed by atoms with Gasteiger partial charge >= 0.3 is 0 Å². The van der Waals surface area contributed by atoms with Crippen molar-refractivity contribution in [1.29, 1.82) is 0 Å². The quantitative estimate of drug-likeness (QED) is 0.159. The van der Waals surface area contributed by atoms with Gasteiger partial charge in [0, 0.05) is 33.8 Å². The molecule has 61 heavy (non-hydrogen) atoms. The zero-order chi connectivity index (χ0) is 40.3. The second kappa shape index (κ2) is 14.1. The maximum absolute atomic E-state index is 2.52. The van der Waals surface area contributed by atoms with Crippen LogP contribution in [-0.2, 0) is 5.41 Å². The largest absolute Gasteiger partial charge is 0.310 e. The van der Waals surface area contributed by atoms with Gasteiger partial charge in [-0.2, -0.15) is 0 Å². The van der Waals surface area contributed by atoms with Crippen molar-refractivity contribution in [2.45, 2.75) is 5.41 Å². The molecule has 10 aromatic rings. The summed E-state index contributed by atoms with van der Waals surface area (Å²) in [6, 6.07) is 89.0. The fraction of sp³-hybridized carbons (Fsp3) is 0.0169. The summed E-state index contributed by atoms with van der Waals surface area (Å²) in [5, 5.41) is 2.47. The fourth-order valence-corrected chi connectivity index (χ4v) is 10.3. The van der Waals surface area contributed by atoms with Crippen molar-refractivity contribution in [3.8, 4) is 33.4 Å². The molecule has 0 aliphatic heterocycles. The zero-order valence-corrected chi connectivity index (χ0v) is 33.5. The van der Waals surface area contributed by atoms with Crippen LogP contribution in [0.4, 0.5) is 34.1 Å². The Morgan fingerprint density at radius 3 is 1.41 bits per heavy atom. The van der Waals surface area contributed by atoms with Crippen LogP contribution < -0.4 is 9.80 Å². The lowest BCUT2D eigenvalue weighted by Gasteiger charge is -2.34. The van der Waals surface area contributed by atoms with Gasteiger partial charge in [-0.3, -0.25) is 0 Å². The lowest BCUT2D eigenvalue weighted by molar-refractivity contribution is 0.794. The summed E-state index contributed by atoms with van der Waals surface area (Å²) in [5.74, 6) is 0. The molecule has 2 aliphatic carbocycles. The molecule has 0 bridgehead atoms. The Balaban J connectivity index is 1.16. The van der Waals surface area contributed by atoms with Crippen LogP contribution in [0.25, 0.3) is 44.2 Å². The normalized spacial score (nSPS) is 14.3. The maximum Gasteiger partial charge on any atom is 0.0727 e. The van der Waals surface area contributed by atoms with Crippen LogP contribution in [0.2, 0.25) is 0 Å². The number of hydrogen-bond donors (Lipinski definition) is 0. The molecule has 10 aromatic carbocycles. The van der Waals surface area contributed by atoms with Gasteiger partial charge in [0.15, 0.2) is 0 Å². The van der Waals surface area contributed by atoms with Crippen molar-refractivity contribution in [1.82, 2.24) is 0 Å². The van der Waals surface area contributed by atoms with Crippen molar-refractivity contribution >= 4 is 44.9 Å². The minimum Gasteiger partial charge on any atom is -0.310 e. The van der Waals surface area contributed by atoms with E-state index in [0.29, 0.717) is 0 Å². The van der Waals surface area contributed by atoms with Gasteiger partial charge in [-0.25, -0.2) is 0 Å². The van der Waals surface area contributed by atoms with E-state index in [9.17, 15) is 0 Å². The highest BCUT2D eigenvalue weighted by atomic mass is 15.1. The first-order chi connectivity index (χ1) is 30.3. The molecule has 1 spiro atoms. The Bertz CT molecular complexity index is 3210.